The van der Waals surface area contributed by atoms with E-state index in [2.05, 4.69) is 5.32 Å². The van der Waals surface area contributed by atoms with Crippen LogP contribution in [0.4, 0.5) is 0 Å². The van der Waals surface area contributed by atoms with Crippen LogP contribution in [0, 0.1) is 5.41 Å². The number of hydrogen-bond acceptors (Lipinski definition) is 5. The van der Waals surface area contributed by atoms with Gasteiger partial charge in [-0.05, 0) is 12.1 Å². The van der Waals surface area contributed by atoms with Crippen molar-refractivity contribution in [3.05, 3.63) is 42.1 Å². The molecule has 0 aromatic heterocycles. The second kappa shape index (κ2) is 4.19. The smallest absolute Gasteiger partial charge is 0.335 e. The molecule has 1 amide bonds. The Bertz CT molecular complexity index is 651. The maximum absolute atomic E-state index is 12.3. The zero-order chi connectivity index (χ0) is 14.3. The predicted molar refractivity (Wildman–Crippen MR) is 66.3 cm³/mol. The predicted octanol–water partition coefficient (Wildman–Crippen LogP) is 0.840. The molecule has 0 bridgehead atoms. The number of nitrogens with one attached hydrogen (secondary N) is 1. The minimum absolute atomic E-state index is 0.294. The molecule has 1 aromatic rings. The van der Waals surface area contributed by atoms with E-state index in [9.17, 15) is 14.4 Å². The van der Waals surface area contributed by atoms with E-state index in [1.54, 1.807) is 24.3 Å². The van der Waals surface area contributed by atoms with Gasteiger partial charge in [-0.2, -0.15) is 0 Å². The lowest BCUT2D eigenvalue weighted by molar-refractivity contribution is -0.169. The minimum Gasteiger partial charge on any atom is -0.455 e. The van der Waals surface area contributed by atoms with Gasteiger partial charge in [0.1, 0.15) is 5.75 Å². The van der Waals surface area contributed by atoms with Crippen LogP contribution in [0.25, 0.3) is 0 Å². The topological polar surface area (TPSA) is 81.7 Å². The molecule has 1 aromatic carbocycles. The normalized spacial score (nSPS) is 26.9. The van der Waals surface area contributed by atoms with Gasteiger partial charge in [-0.15, -0.1) is 0 Å². The molecular weight excluding hydrogens is 262 g/mol. The Morgan fingerprint density at radius 1 is 1.35 bits per heavy atom. The molecule has 2 atom stereocenters. The molecular formula is C14H11NO5. The van der Waals surface area contributed by atoms with Crippen LogP contribution in [0.2, 0.25) is 0 Å². The molecule has 0 saturated carbocycles. The van der Waals surface area contributed by atoms with Gasteiger partial charge in [0, 0.05) is 18.7 Å². The Morgan fingerprint density at radius 2 is 2.10 bits per heavy atom. The average molecular weight is 273 g/mol. The van der Waals surface area contributed by atoms with Crippen LogP contribution in [0.3, 0.4) is 0 Å². The molecule has 0 saturated heterocycles. The summed E-state index contributed by atoms with van der Waals surface area (Å²) in [6.45, 7) is 1.23. The van der Waals surface area contributed by atoms with E-state index in [-0.39, 0.29) is 0 Å². The maximum Gasteiger partial charge on any atom is 0.335 e. The highest BCUT2D eigenvalue weighted by atomic mass is 16.6. The summed E-state index contributed by atoms with van der Waals surface area (Å²) in [4.78, 5) is 35.7. The largest absolute Gasteiger partial charge is 0.455 e. The van der Waals surface area contributed by atoms with Gasteiger partial charge in [0.25, 0.3) is 0 Å². The lowest BCUT2D eigenvalue weighted by atomic mass is 9.77. The number of amides is 1. The summed E-state index contributed by atoms with van der Waals surface area (Å²) in [6, 6.07) is 6.67. The summed E-state index contributed by atoms with van der Waals surface area (Å²) in [6.07, 6.45) is 1.70. The first-order valence-corrected chi connectivity index (χ1v) is 6.03. The number of para-hydroxylation sites is 1. The molecule has 1 N–H and O–H groups in total. The van der Waals surface area contributed by atoms with Crippen LogP contribution in [0.5, 0.6) is 5.75 Å². The van der Waals surface area contributed by atoms with Crippen LogP contribution in [0.15, 0.2) is 36.5 Å². The Morgan fingerprint density at radius 3 is 2.75 bits per heavy atom. The minimum atomic E-state index is -1.65. The Kier molecular flexibility index (Phi) is 2.60. The van der Waals surface area contributed by atoms with Crippen molar-refractivity contribution in [2.45, 2.75) is 13.0 Å². The second-order valence-corrected chi connectivity index (χ2v) is 4.59. The number of carbonyl (C=O) groups excluding carboxylic acids is 3. The summed E-state index contributed by atoms with van der Waals surface area (Å²) in [5.74, 6) is -1.61. The van der Waals surface area contributed by atoms with E-state index < -0.39 is 29.4 Å². The third-order valence-electron chi connectivity index (χ3n) is 3.38. The number of rotatable bonds is 1. The number of fused-ring (bicyclic) bond motifs is 1. The third-order valence-corrected chi connectivity index (χ3v) is 3.38. The van der Waals surface area contributed by atoms with Crippen LogP contribution >= 0.6 is 0 Å². The summed E-state index contributed by atoms with van der Waals surface area (Å²) in [5.41, 5.74) is -1.16. The molecule has 2 unspecified atom stereocenters. The van der Waals surface area contributed by atoms with Crippen molar-refractivity contribution < 1.29 is 23.9 Å². The van der Waals surface area contributed by atoms with E-state index in [4.69, 9.17) is 9.47 Å². The molecule has 2 aliphatic heterocycles. The van der Waals surface area contributed by atoms with Crippen LogP contribution in [-0.2, 0) is 19.1 Å². The van der Waals surface area contributed by atoms with Gasteiger partial charge in [0.2, 0.25) is 11.3 Å². The van der Waals surface area contributed by atoms with Crippen LogP contribution < -0.4 is 10.1 Å². The number of benzene rings is 1. The van der Waals surface area contributed by atoms with E-state index >= 15 is 0 Å². The Balaban J connectivity index is 2.19. The van der Waals surface area contributed by atoms with Gasteiger partial charge in [-0.3, -0.25) is 9.59 Å². The molecule has 20 heavy (non-hydrogen) atoms. The van der Waals surface area contributed by atoms with Gasteiger partial charge >= 0.3 is 11.9 Å². The maximum atomic E-state index is 12.3. The Labute approximate surface area is 114 Å². The van der Waals surface area contributed by atoms with Gasteiger partial charge in [-0.1, -0.05) is 18.2 Å². The molecule has 2 aliphatic rings. The van der Waals surface area contributed by atoms with Crippen molar-refractivity contribution in [1.29, 1.82) is 0 Å². The molecule has 102 valence electrons. The van der Waals surface area contributed by atoms with Crippen molar-refractivity contribution in [2.24, 2.45) is 5.41 Å². The SMILES string of the molecule is CC(=O)OC1c2ccccc2OC(=O)C12C=CNC2=O. The lowest BCUT2D eigenvalue weighted by Gasteiger charge is -2.35. The highest BCUT2D eigenvalue weighted by Gasteiger charge is 2.59. The molecule has 0 radical (unpaired) electrons. The number of hydrogen-bond donors (Lipinski definition) is 1. The van der Waals surface area contributed by atoms with Crippen molar-refractivity contribution in [1.82, 2.24) is 5.32 Å². The molecule has 3 rings (SSSR count). The number of carbonyl (C=O) groups is 3. The lowest BCUT2D eigenvalue weighted by Crippen LogP contribution is -2.50. The molecule has 0 aliphatic carbocycles. The highest BCUT2D eigenvalue weighted by molar-refractivity contribution is 6.09. The van der Waals surface area contributed by atoms with E-state index in [0.29, 0.717) is 11.3 Å². The van der Waals surface area contributed by atoms with Crippen LogP contribution in [-0.4, -0.2) is 17.8 Å². The first kappa shape index (κ1) is 12.4. The zero-order valence-corrected chi connectivity index (χ0v) is 10.6. The fraction of sp³-hybridized carbons (Fsp3) is 0.214. The highest BCUT2D eigenvalue weighted by Crippen LogP contribution is 2.48. The monoisotopic (exact) mass is 273 g/mol. The van der Waals surface area contributed by atoms with Gasteiger partial charge in [0.05, 0.1) is 0 Å². The summed E-state index contributed by atoms with van der Waals surface area (Å²) >= 11 is 0. The molecule has 6 nitrogen and oxygen atoms in total. The van der Waals surface area contributed by atoms with E-state index in [1.807, 2.05) is 0 Å². The van der Waals surface area contributed by atoms with E-state index in [1.165, 1.54) is 19.2 Å². The van der Waals surface area contributed by atoms with Crippen molar-refractivity contribution in [2.75, 3.05) is 0 Å². The van der Waals surface area contributed by atoms with Gasteiger partial charge < -0.3 is 14.8 Å². The van der Waals surface area contributed by atoms with Crippen molar-refractivity contribution in [3.63, 3.8) is 0 Å². The average Bonchev–Trinajstić information content (AvgIpc) is 2.78. The summed E-state index contributed by atoms with van der Waals surface area (Å²) in [5, 5.41) is 2.43. The van der Waals surface area contributed by atoms with Crippen molar-refractivity contribution >= 4 is 17.8 Å². The fourth-order valence-corrected chi connectivity index (χ4v) is 2.46. The van der Waals surface area contributed by atoms with Crippen molar-refractivity contribution in [3.8, 4) is 5.75 Å². The quantitative estimate of drug-likeness (QED) is 0.466. The van der Waals surface area contributed by atoms with Gasteiger partial charge in [-0.25, -0.2) is 4.79 Å². The van der Waals surface area contributed by atoms with Gasteiger partial charge in [0.15, 0.2) is 6.10 Å². The summed E-state index contributed by atoms with van der Waals surface area (Å²) < 4.78 is 10.5. The molecule has 6 heteroatoms. The number of ether oxygens (including phenoxy) is 2. The first-order valence-electron chi connectivity index (χ1n) is 6.03. The standard InChI is InChI=1S/C14H11NO5/c1-8(16)19-11-9-4-2-3-5-10(9)20-13(18)14(11)6-7-15-12(14)17/h2-7,11H,1H3,(H,15,17). The second-order valence-electron chi connectivity index (χ2n) is 4.59. The fourth-order valence-electron chi connectivity index (χ4n) is 2.46. The molecule has 2 heterocycles. The Hall–Kier alpha value is -2.63. The van der Waals surface area contributed by atoms with E-state index in [0.717, 1.165) is 0 Å². The third kappa shape index (κ3) is 1.54. The first-order chi connectivity index (χ1) is 9.55. The van der Waals surface area contributed by atoms with Crippen LogP contribution in [0.1, 0.15) is 18.6 Å². The molecule has 0 fully saturated rings. The zero-order valence-electron chi connectivity index (χ0n) is 10.6. The summed E-state index contributed by atoms with van der Waals surface area (Å²) in [7, 11) is 0. The number of esters is 2. The molecule has 1 spiro atoms.